The molecule has 130 valence electrons. The fraction of sp³-hybridized carbons (Fsp3) is 0.120. The molecule has 0 radical (unpaired) electrons. The highest BCUT2D eigenvalue weighted by Gasteiger charge is 2.43. The number of unbranched alkanes of at least 4 members (excludes halogenated alkanes) is 1. The summed E-state index contributed by atoms with van der Waals surface area (Å²) in [5.74, 6) is 0. The third kappa shape index (κ3) is 4.03. The van der Waals surface area contributed by atoms with Crippen molar-refractivity contribution in [3.63, 3.8) is 0 Å². The quantitative estimate of drug-likeness (QED) is 0.284. The summed E-state index contributed by atoms with van der Waals surface area (Å²) in [6.07, 6.45) is 9.81. The van der Waals surface area contributed by atoms with Crippen molar-refractivity contribution in [2.24, 2.45) is 0 Å². The molecule has 3 aromatic rings. The van der Waals surface area contributed by atoms with Gasteiger partial charge in [-0.2, -0.15) is 0 Å². The molecule has 0 saturated carbocycles. The molecular weight excluding hydrogens is 331 g/mol. The van der Waals surface area contributed by atoms with Crippen LogP contribution in [0.25, 0.3) is 0 Å². The van der Waals surface area contributed by atoms with Gasteiger partial charge in [0.2, 0.25) is 0 Å². The van der Waals surface area contributed by atoms with Crippen LogP contribution < -0.4 is 15.9 Å². The molecule has 0 heterocycles. The van der Waals surface area contributed by atoms with E-state index in [1.807, 2.05) is 6.08 Å². The van der Waals surface area contributed by atoms with Crippen LogP contribution in [0.5, 0.6) is 0 Å². The highest BCUT2D eigenvalue weighted by atomic mass is 31.2. The van der Waals surface area contributed by atoms with Crippen LogP contribution in [0.4, 0.5) is 0 Å². The van der Waals surface area contributed by atoms with Crippen LogP contribution in [-0.4, -0.2) is 6.16 Å². The Morgan fingerprint density at radius 1 is 0.577 bits per heavy atom. The fourth-order valence-electron chi connectivity index (χ4n) is 3.38. The Bertz CT molecular complexity index is 723. The second kappa shape index (κ2) is 9.32. The molecule has 26 heavy (non-hydrogen) atoms. The van der Waals surface area contributed by atoms with E-state index >= 15 is 0 Å². The van der Waals surface area contributed by atoms with Gasteiger partial charge in [0.05, 0.1) is 6.16 Å². The summed E-state index contributed by atoms with van der Waals surface area (Å²) in [7, 11) is -1.71. The largest absolute Gasteiger partial charge is 0.115 e. The van der Waals surface area contributed by atoms with Gasteiger partial charge in [-0.3, -0.25) is 0 Å². The molecule has 3 rings (SSSR count). The van der Waals surface area contributed by atoms with Gasteiger partial charge in [0, 0.05) is 0 Å². The molecule has 1 heteroatoms. The lowest BCUT2D eigenvalue weighted by Crippen LogP contribution is -2.32. The molecule has 0 amide bonds. The van der Waals surface area contributed by atoms with Gasteiger partial charge in [0.15, 0.2) is 0 Å². The Kier molecular flexibility index (Phi) is 6.58. The Hall–Kier alpha value is -2.43. The maximum atomic E-state index is 3.82. The Morgan fingerprint density at radius 2 is 1.00 bits per heavy atom. The standard InChI is InChI=1S/C25H26P/c1-2-3-4-5-15-22-26(23-16-9-6-10-17-23,24-18-11-7-12-19-24)25-20-13-8-14-21-25/h2,5-21H,1,3-4,22H2/q+1/b15-5+. The first kappa shape index (κ1) is 18.4. The first-order valence-corrected chi connectivity index (χ1v) is 11.2. The Balaban J connectivity index is 2.14. The van der Waals surface area contributed by atoms with Crippen molar-refractivity contribution in [3.05, 3.63) is 116 Å². The van der Waals surface area contributed by atoms with Crippen LogP contribution in [0.1, 0.15) is 12.8 Å². The molecule has 0 aromatic heterocycles. The molecule has 0 nitrogen and oxygen atoms in total. The van der Waals surface area contributed by atoms with E-state index in [1.54, 1.807) is 0 Å². The molecule has 0 unspecified atom stereocenters. The van der Waals surface area contributed by atoms with E-state index < -0.39 is 7.26 Å². The molecule has 0 fully saturated rings. The van der Waals surface area contributed by atoms with E-state index in [4.69, 9.17) is 0 Å². The van der Waals surface area contributed by atoms with E-state index in [0.717, 1.165) is 19.0 Å². The van der Waals surface area contributed by atoms with E-state index in [-0.39, 0.29) is 0 Å². The summed E-state index contributed by atoms with van der Waals surface area (Å²) in [6, 6.07) is 33.1. The average molecular weight is 357 g/mol. The zero-order chi connectivity index (χ0) is 18.1. The third-order valence-corrected chi connectivity index (χ3v) is 8.97. The third-order valence-electron chi connectivity index (χ3n) is 4.67. The predicted octanol–water partition coefficient (Wildman–Crippen LogP) is 5.50. The second-order valence-corrected chi connectivity index (χ2v) is 9.87. The molecule has 0 aliphatic heterocycles. The molecule has 0 saturated heterocycles. The molecule has 0 spiro atoms. The highest BCUT2D eigenvalue weighted by molar-refractivity contribution is 7.95. The highest BCUT2D eigenvalue weighted by Crippen LogP contribution is 2.55. The zero-order valence-corrected chi connectivity index (χ0v) is 16.1. The van der Waals surface area contributed by atoms with E-state index in [2.05, 4.69) is 110 Å². The molecule has 0 atom stereocenters. The molecule has 0 N–H and O–H groups in total. The number of allylic oxidation sites excluding steroid dienone is 3. The van der Waals surface area contributed by atoms with E-state index in [9.17, 15) is 0 Å². The van der Waals surface area contributed by atoms with Gasteiger partial charge in [-0.1, -0.05) is 72.8 Å². The van der Waals surface area contributed by atoms with E-state index in [1.165, 1.54) is 15.9 Å². The number of hydrogen-bond acceptors (Lipinski definition) is 0. The first-order valence-electron chi connectivity index (χ1n) is 9.19. The van der Waals surface area contributed by atoms with Gasteiger partial charge in [0.25, 0.3) is 0 Å². The Labute approximate surface area is 158 Å². The van der Waals surface area contributed by atoms with Crippen LogP contribution in [-0.2, 0) is 0 Å². The van der Waals surface area contributed by atoms with Crippen molar-refractivity contribution in [2.75, 3.05) is 6.16 Å². The smallest absolute Gasteiger partial charge is 0.103 e. The van der Waals surface area contributed by atoms with Crippen molar-refractivity contribution < 1.29 is 0 Å². The first-order chi connectivity index (χ1) is 12.9. The zero-order valence-electron chi connectivity index (χ0n) is 15.2. The minimum atomic E-state index is -1.71. The molecule has 0 bridgehead atoms. The Morgan fingerprint density at radius 3 is 1.38 bits per heavy atom. The minimum Gasteiger partial charge on any atom is -0.103 e. The second-order valence-electron chi connectivity index (χ2n) is 6.34. The van der Waals surface area contributed by atoms with Gasteiger partial charge in [-0.15, -0.1) is 6.58 Å². The summed E-state index contributed by atoms with van der Waals surface area (Å²) in [4.78, 5) is 0. The predicted molar refractivity (Wildman–Crippen MR) is 119 cm³/mol. The molecule has 0 aliphatic carbocycles. The number of hydrogen-bond donors (Lipinski definition) is 0. The van der Waals surface area contributed by atoms with Crippen LogP contribution >= 0.6 is 7.26 Å². The van der Waals surface area contributed by atoms with Crippen molar-refractivity contribution in [3.8, 4) is 0 Å². The number of rotatable bonds is 8. The van der Waals surface area contributed by atoms with Crippen LogP contribution in [0.15, 0.2) is 116 Å². The van der Waals surface area contributed by atoms with Crippen molar-refractivity contribution in [1.29, 1.82) is 0 Å². The van der Waals surface area contributed by atoms with Gasteiger partial charge in [-0.05, 0) is 49.2 Å². The monoisotopic (exact) mass is 357 g/mol. The van der Waals surface area contributed by atoms with Crippen LogP contribution in [0.2, 0.25) is 0 Å². The average Bonchev–Trinajstić information content (AvgIpc) is 2.73. The summed E-state index contributed by atoms with van der Waals surface area (Å²) in [5, 5.41) is 4.31. The van der Waals surface area contributed by atoms with E-state index in [0.29, 0.717) is 0 Å². The maximum Gasteiger partial charge on any atom is 0.115 e. The summed E-state index contributed by atoms with van der Waals surface area (Å²) in [6.45, 7) is 3.82. The molecule has 0 aliphatic rings. The topological polar surface area (TPSA) is 0 Å². The van der Waals surface area contributed by atoms with Gasteiger partial charge < -0.3 is 0 Å². The minimum absolute atomic E-state index is 1.03. The molecular formula is C25H26P+. The number of benzene rings is 3. The summed E-state index contributed by atoms with van der Waals surface area (Å²) < 4.78 is 0. The summed E-state index contributed by atoms with van der Waals surface area (Å²) >= 11 is 0. The SMILES string of the molecule is C=CCC/C=C/C[P+](c1ccccc1)(c1ccccc1)c1ccccc1. The maximum absolute atomic E-state index is 3.82. The lowest BCUT2D eigenvalue weighted by Gasteiger charge is -2.26. The lowest BCUT2D eigenvalue weighted by atomic mass is 10.3. The summed E-state index contributed by atoms with van der Waals surface area (Å²) in [5.41, 5.74) is 0. The normalized spacial score (nSPS) is 11.5. The van der Waals surface area contributed by atoms with Crippen molar-refractivity contribution in [2.45, 2.75) is 12.8 Å². The van der Waals surface area contributed by atoms with Crippen LogP contribution in [0.3, 0.4) is 0 Å². The van der Waals surface area contributed by atoms with Crippen LogP contribution in [0, 0.1) is 0 Å². The molecule has 3 aromatic carbocycles. The fourth-order valence-corrected chi connectivity index (χ4v) is 7.41. The van der Waals surface area contributed by atoms with Crippen molar-refractivity contribution >= 4 is 23.2 Å². The van der Waals surface area contributed by atoms with Gasteiger partial charge in [-0.25, -0.2) is 0 Å². The van der Waals surface area contributed by atoms with Gasteiger partial charge >= 0.3 is 0 Å². The van der Waals surface area contributed by atoms with Gasteiger partial charge in [0.1, 0.15) is 23.2 Å². The lowest BCUT2D eigenvalue weighted by molar-refractivity contribution is 1.05. The van der Waals surface area contributed by atoms with Crippen molar-refractivity contribution in [1.82, 2.24) is 0 Å².